The van der Waals surface area contributed by atoms with Gasteiger partial charge in [-0.25, -0.2) is 0 Å². The van der Waals surface area contributed by atoms with Gasteiger partial charge < -0.3 is 4.90 Å². The predicted molar refractivity (Wildman–Crippen MR) is 136 cm³/mol. The fourth-order valence-corrected chi connectivity index (χ4v) is 4.34. The van der Waals surface area contributed by atoms with Crippen molar-refractivity contribution in [1.29, 1.82) is 0 Å². The van der Waals surface area contributed by atoms with E-state index < -0.39 is 11.7 Å². The summed E-state index contributed by atoms with van der Waals surface area (Å²) in [6.45, 7) is 6.90. The van der Waals surface area contributed by atoms with E-state index in [9.17, 15) is 18.0 Å². The summed E-state index contributed by atoms with van der Waals surface area (Å²) in [6, 6.07) is 16.6. The van der Waals surface area contributed by atoms with E-state index in [4.69, 9.17) is 11.6 Å². The number of carbonyl (C=O) groups is 1. The molecule has 0 radical (unpaired) electrons. The highest BCUT2D eigenvalue weighted by atomic mass is 35.5. The number of rotatable bonds is 6. The Bertz CT molecular complexity index is 1370. The monoisotopic (exact) mass is 513 g/mol. The number of amides is 1. The highest BCUT2D eigenvalue weighted by molar-refractivity contribution is 6.32. The van der Waals surface area contributed by atoms with Gasteiger partial charge in [0.1, 0.15) is 0 Å². The second kappa shape index (κ2) is 9.97. The first-order valence-electron chi connectivity index (χ1n) is 11.6. The summed E-state index contributed by atoms with van der Waals surface area (Å²) in [5, 5.41) is 7.99. The van der Waals surface area contributed by atoms with Gasteiger partial charge in [-0.3, -0.25) is 9.89 Å². The van der Waals surface area contributed by atoms with Crippen LogP contribution in [0, 0.1) is 0 Å². The number of hydrogen-bond donors (Lipinski definition) is 1. The summed E-state index contributed by atoms with van der Waals surface area (Å²) in [5.74, 6) is -0.279. The fourth-order valence-electron chi connectivity index (χ4n) is 4.11. The molecule has 1 aromatic heterocycles. The lowest BCUT2D eigenvalue weighted by Gasteiger charge is -2.25. The van der Waals surface area contributed by atoms with Gasteiger partial charge in [0.05, 0.1) is 22.8 Å². The summed E-state index contributed by atoms with van der Waals surface area (Å²) in [6.07, 6.45) is -2.56. The number of nitrogens with zero attached hydrogens (tertiary/aromatic N) is 2. The Morgan fingerprint density at radius 1 is 0.972 bits per heavy atom. The zero-order valence-electron chi connectivity index (χ0n) is 20.3. The molecule has 0 fully saturated rings. The van der Waals surface area contributed by atoms with Gasteiger partial charge in [-0.15, -0.1) is 0 Å². The first-order valence-corrected chi connectivity index (χ1v) is 12.0. The van der Waals surface area contributed by atoms with E-state index in [-0.39, 0.29) is 24.3 Å². The van der Waals surface area contributed by atoms with E-state index >= 15 is 0 Å². The van der Waals surface area contributed by atoms with E-state index in [0.29, 0.717) is 33.6 Å². The normalized spacial score (nSPS) is 12.2. The summed E-state index contributed by atoms with van der Waals surface area (Å²) >= 11 is 6.26. The average Bonchev–Trinajstić information content (AvgIpc) is 3.28. The van der Waals surface area contributed by atoms with Crippen LogP contribution in [-0.2, 0) is 24.6 Å². The lowest BCUT2D eigenvalue weighted by atomic mass is 9.87. The van der Waals surface area contributed by atoms with Crippen LogP contribution < -0.4 is 0 Å². The van der Waals surface area contributed by atoms with Crippen molar-refractivity contribution < 1.29 is 18.0 Å². The zero-order valence-corrected chi connectivity index (χ0v) is 21.0. The minimum atomic E-state index is -4.42. The molecule has 188 valence electrons. The third-order valence-electron chi connectivity index (χ3n) is 6.15. The van der Waals surface area contributed by atoms with Crippen LogP contribution in [-0.4, -0.2) is 27.5 Å². The highest BCUT2D eigenvalue weighted by Crippen LogP contribution is 2.30. The quantitative estimate of drug-likeness (QED) is 0.291. The lowest BCUT2D eigenvalue weighted by Crippen LogP contribution is -2.33. The standard InChI is InChI=1S/C28H27ClF3N3O/c1-27(2,3)21-9-7-19(8-10-21)17-35(12-11-18-5-4-6-22(13-18)28(30,31)32)26(36)24-15-23(29)14-20-16-33-34-25(20)24/h4-10,13-16H,11-12,17H2,1-3H3,(H,33,34). The van der Waals surface area contributed by atoms with Crippen LogP contribution in [0.2, 0.25) is 5.02 Å². The molecule has 0 bridgehead atoms. The highest BCUT2D eigenvalue weighted by Gasteiger charge is 2.30. The minimum Gasteiger partial charge on any atom is -0.334 e. The molecule has 8 heteroatoms. The lowest BCUT2D eigenvalue weighted by molar-refractivity contribution is -0.137. The molecule has 0 aliphatic heterocycles. The molecule has 3 aromatic carbocycles. The second-order valence-electron chi connectivity index (χ2n) is 9.91. The van der Waals surface area contributed by atoms with Crippen LogP contribution in [0.5, 0.6) is 0 Å². The maximum Gasteiger partial charge on any atom is 0.416 e. The van der Waals surface area contributed by atoms with Crippen molar-refractivity contribution in [3.63, 3.8) is 0 Å². The van der Waals surface area contributed by atoms with Crippen molar-refractivity contribution in [2.24, 2.45) is 0 Å². The van der Waals surface area contributed by atoms with Gasteiger partial charge in [0.15, 0.2) is 0 Å². The van der Waals surface area contributed by atoms with Crippen molar-refractivity contribution in [3.8, 4) is 0 Å². The van der Waals surface area contributed by atoms with Crippen LogP contribution in [0.3, 0.4) is 0 Å². The maximum atomic E-state index is 13.7. The van der Waals surface area contributed by atoms with Crippen molar-refractivity contribution in [3.05, 3.63) is 99.7 Å². The van der Waals surface area contributed by atoms with Gasteiger partial charge in [-0.1, -0.05) is 74.8 Å². The molecule has 1 N–H and O–H groups in total. The van der Waals surface area contributed by atoms with Crippen LogP contribution in [0.1, 0.15) is 53.4 Å². The molecular weight excluding hydrogens is 487 g/mol. The molecule has 1 heterocycles. The number of aromatic amines is 1. The Morgan fingerprint density at radius 3 is 2.36 bits per heavy atom. The van der Waals surface area contributed by atoms with Gasteiger partial charge >= 0.3 is 6.18 Å². The number of benzene rings is 3. The summed E-state index contributed by atoms with van der Waals surface area (Å²) in [4.78, 5) is 15.4. The molecule has 0 saturated carbocycles. The number of nitrogens with one attached hydrogen (secondary N) is 1. The average molecular weight is 514 g/mol. The van der Waals surface area contributed by atoms with Crippen molar-refractivity contribution >= 4 is 28.4 Å². The Morgan fingerprint density at radius 2 is 1.69 bits per heavy atom. The Hall–Kier alpha value is -3.32. The molecule has 0 aliphatic rings. The van der Waals surface area contributed by atoms with Crippen LogP contribution in [0.25, 0.3) is 10.9 Å². The van der Waals surface area contributed by atoms with Crippen LogP contribution in [0.4, 0.5) is 13.2 Å². The number of fused-ring (bicyclic) bond motifs is 1. The molecule has 0 aliphatic carbocycles. The Balaban J connectivity index is 1.64. The molecular formula is C28H27ClF3N3O. The zero-order chi connectivity index (χ0) is 26.1. The molecule has 0 atom stereocenters. The summed E-state index contributed by atoms with van der Waals surface area (Å²) in [7, 11) is 0. The topological polar surface area (TPSA) is 49.0 Å². The van der Waals surface area contributed by atoms with E-state index in [1.807, 2.05) is 24.3 Å². The molecule has 4 rings (SSSR count). The van der Waals surface area contributed by atoms with E-state index in [1.165, 1.54) is 11.6 Å². The third kappa shape index (κ3) is 5.90. The Kier molecular flexibility index (Phi) is 7.14. The number of H-pyrrole nitrogens is 1. The molecule has 36 heavy (non-hydrogen) atoms. The van der Waals surface area contributed by atoms with Gasteiger partial charge in [-0.2, -0.15) is 18.3 Å². The molecule has 1 amide bonds. The SMILES string of the molecule is CC(C)(C)c1ccc(CN(CCc2cccc(C(F)(F)F)c2)C(=O)c2cc(Cl)cc3cn[nH]c23)cc1. The smallest absolute Gasteiger partial charge is 0.334 e. The number of aromatic nitrogens is 2. The Labute approximate surface area is 213 Å². The second-order valence-corrected chi connectivity index (χ2v) is 10.3. The first-order chi connectivity index (χ1) is 16.9. The number of alkyl halides is 3. The summed E-state index contributed by atoms with van der Waals surface area (Å²) < 4.78 is 39.6. The molecule has 4 aromatic rings. The molecule has 0 spiro atoms. The number of hydrogen-bond acceptors (Lipinski definition) is 2. The largest absolute Gasteiger partial charge is 0.416 e. The molecule has 4 nitrogen and oxygen atoms in total. The molecule has 0 saturated heterocycles. The van der Waals surface area contributed by atoms with E-state index in [0.717, 1.165) is 17.7 Å². The van der Waals surface area contributed by atoms with Gasteiger partial charge in [-0.05, 0) is 46.7 Å². The number of halogens is 4. The number of carbonyl (C=O) groups excluding carboxylic acids is 1. The van der Waals surface area contributed by atoms with Crippen LogP contribution >= 0.6 is 11.6 Å². The third-order valence-corrected chi connectivity index (χ3v) is 6.37. The van der Waals surface area contributed by atoms with Crippen LogP contribution in [0.15, 0.2) is 66.9 Å². The maximum absolute atomic E-state index is 13.7. The van der Waals surface area contributed by atoms with Crippen molar-refractivity contribution in [2.75, 3.05) is 6.54 Å². The predicted octanol–water partition coefficient (Wildman–Crippen LogP) is 7.42. The van der Waals surface area contributed by atoms with Gasteiger partial charge in [0, 0.05) is 23.5 Å². The first kappa shape index (κ1) is 25.8. The van der Waals surface area contributed by atoms with E-state index in [2.05, 4.69) is 31.0 Å². The van der Waals surface area contributed by atoms with Crippen molar-refractivity contribution in [1.82, 2.24) is 15.1 Å². The summed E-state index contributed by atoms with van der Waals surface area (Å²) in [5.41, 5.74) is 2.81. The van der Waals surface area contributed by atoms with Crippen molar-refractivity contribution in [2.45, 2.75) is 45.3 Å². The fraction of sp³-hybridized carbons (Fsp3) is 0.286. The minimum absolute atomic E-state index is 0.00938. The van der Waals surface area contributed by atoms with Gasteiger partial charge in [0.2, 0.25) is 0 Å². The molecule has 0 unspecified atom stereocenters. The van der Waals surface area contributed by atoms with E-state index in [1.54, 1.807) is 29.3 Å². The van der Waals surface area contributed by atoms with Gasteiger partial charge in [0.25, 0.3) is 5.91 Å².